The highest BCUT2D eigenvalue weighted by molar-refractivity contribution is 7.98. The second-order valence-electron chi connectivity index (χ2n) is 4.53. The van der Waals surface area contributed by atoms with Gasteiger partial charge in [-0.1, -0.05) is 23.9 Å². The molecule has 5 heteroatoms. The van der Waals surface area contributed by atoms with Crippen LogP contribution in [-0.4, -0.2) is 29.8 Å². The van der Waals surface area contributed by atoms with Crippen molar-refractivity contribution in [1.82, 2.24) is 9.97 Å². The highest BCUT2D eigenvalue weighted by Gasteiger charge is 2.09. The average molecular weight is 288 g/mol. The molecule has 0 atom stereocenters. The lowest BCUT2D eigenvalue weighted by Crippen LogP contribution is -2.13. The average Bonchev–Trinajstić information content (AvgIpc) is 2.46. The Bertz CT molecular complexity index is 586. The van der Waals surface area contributed by atoms with Crippen molar-refractivity contribution in [3.63, 3.8) is 0 Å². The van der Waals surface area contributed by atoms with Gasteiger partial charge in [0.05, 0.1) is 0 Å². The number of aryl methyl sites for hydroxylation is 1. The standard InChI is InChI=1S/C15H20N4S/c1-5-16-13-10-14(18-15(17-13)20-4)19(3)12-8-6-7-11(2)9-12/h6-10H,5H2,1-4H3,(H,16,17,18). The van der Waals surface area contributed by atoms with Crippen LogP contribution >= 0.6 is 11.8 Å². The molecule has 2 aromatic rings. The molecule has 4 nitrogen and oxygen atoms in total. The lowest BCUT2D eigenvalue weighted by atomic mass is 10.2. The predicted octanol–water partition coefficient (Wildman–Crippen LogP) is 3.71. The molecular weight excluding hydrogens is 268 g/mol. The van der Waals surface area contributed by atoms with E-state index in [1.807, 2.05) is 19.4 Å². The molecule has 106 valence electrons. The van der Waals surface area contributed by atoms with Crippen LogP contribution < -0.4 is 10.2 Å². The molecule has 0 saturated heterocycles. The summed E-state index contributed by atoms with van der Waals surface area (Å²) in [5, 5.41) is 4.03. The van der Waals surface area contributed by atoms with Gasteiger partial charge in [0.1, 0.15) is 11.6 Å². The summed E-state index contributed by atoms with van der Waals surface area (Å²) in [5.74, 6) is 1.76. The quantitative estimate of drug-likeness (QED) is 0.671. The first kappa shape index (κ1) is 14.7. The van der Waals surface area contributed by atoms with Gasteiger partial charge < -0.3 is 10.2 Å². The zero-order chi connectivity index (χ0) is 14.5. The first-order valence-electron chi connectivity index (χ1n) is 6.61. The third kappa shape index (κ3) is 3.42. The molecule has 1 N–H and O–H groups in total. The van der Waals surface area contributed by atoms with Gasteiger partial charge in [-0.3, -0.25) is 0 Å². The van der Waals surface area contributed by atoms with E-state index in [9.17, 15) is 0 Å². The molecule has 0 amide bonds. The van der Waals surface area contributed by atoms with Crippen molar-refractivity contribution in [1.29, 1.82) is 0 Å². The lowest BCUT2D eigenvalue weighted by Gasteiger charge is -2.20. The van der Waals surface area contributed by atoms with Crippen LogP contribution in [0.25, 0.3) is 0 Å². The Morgan fingerprint density at radius 2 is 2.05 bits per heavy atom. The van der Waals surface area contributed by atoms with Crippen LogP contribution in [0.5, 0.6) is 0 Å². The largest absolute Gasteiger partial charge is 0.370 e. The van der Waals surface area contributed by atoms with Crippen molar-refractivity contribution in [3.05, 3.63) is 35.9 Å². The van der Waals surface area contributed by atoms with Gasteiger partial charge in [0.15, 0.2) is 5.16 Å². The number of aromatic nitrogens is 2. The van der Waals surface area contributed by atoms with Gasteiger partial charge in [0.25, 0.3) is 0 Å². The van der Waals surface area contributed by atoms with E-state index in [0.717, 1.165) is 29.0 Å². The summed E-state index contributed by atoms with van der Waals surface area (Å²) in [6.45, 7) is 5.00. The molecular formula is C15H20N4S. The van der Waals surface area contributed by atoms with Crippen molar-refractivity contribution >= 4 is 29.1 Å². The van der Waals surface area contributed by atoms with Crippen molar-refractivity contribution < 1.29 is 0 Å². The monoisotopic (exact) mass is 288 g/mol. The molecule has 0 spiro atoms. The molecule has 2 rings (SSSR count). The van der Waals surface area contributed by atoms with Gasteiger partial charge in [-0.25, -0.2) is 9.97 Å². The number of nitrogens with zero attached hydrogens (tertiary/aromatic N) is 3. The van der Waals surface area contributed by atoms with Crippen LogP contribution in [0.4, 0.5) is 17.3 Å². The summed E-state index contributed by atoms with van der Waals surface area (Å²) < 4.78 is 0. The molecule has 0 fully saturated rings. The van der Waals surface area contributed by atoms with E-state index in [-0.39, 0.29) is 0 Å². The fourth-order valence-corrected chi connectivity index (χ4v) is 2.29. The molecule has 20 heavy (non-hydrogen) atoms. The second-order valence-corrected chi connectivity index (χ2v) is 5.30. The summed E-state index contributed by atoms with van der Waals surface area (Å²) >= 11 is 1.55. The Labute approximate surface area is 124 Å². The second kappa shape index (κ2) is 6.61. The maximum Gasteiger partial charge on any atom is 0.191 e. The highest BCUT2D eigenvalue weighted by atomic mass is 32.2. The zero-order valence-corrected chi connectivity index (χ0v) is 13.2. The van der Waals surface area contributed by atoms with Crippen LogP contribution in [0, 0.1) is 6.92 Å². The van der Waals surface area contributed by atoms with Crippen molar-refractivity contribution in [3.8, 4) is 0 Å². The number of rotatable bonds is 5. The summed E-state index contributed by atoms with van der Waals surface area (Å²) in [7, 11) is 2.02. The van der Waals surface area contributed by atoms with Crippen LogP contribution in [0.15, 0.2) is 35.5 Å². The van der Waals surface area contributed by atoms with E-state index in [1.165, 1.54) is 5.56 Å². The number of benzene rings is 1. The van der Waals surface area contributed by atoms with Gasteiger partial charge in [0, 0.05) is 25.3 Å². The molecule has 1 aromatic heterocycles. The molecule has 0 aliphatic carbocycles. The van der Waals surface area contributed by atoms with Crippen molar-refractivity contribution in [2.75, 3.05) is 30.1 Å². The Balaban J connectivity index is 2.37. The molecule has 1 aromatic carbocycles. The van der Waals surface area contributed by atoms with Crippen LogP contribution in [0.2, 0.25) is 0 Å². The maximum atomic E-state index is 4.58. The first-order chi connectivity index (χ1) is 9.63. The van der Waals surface area contributed by atoms with Crippen LogP contribution in [0.3, 0.4) is 0 Å². The third-order valence-electron chi connectivity index (χ3n) is 2.97. The van der Waals surface area contributed by atoms with Gasteiger partial charge in [-0.05, 0) is 37.8 Å². The van der Waals surface area contributed by atoms with E-state index in [2.05, 4.69) is 58.3 Å². The fraction of sp³-hybridized carbons (Fsp3) is 0.333. The lowest BCUT2D eigenvalue weighted by molar-refractivity contribution is 0.940. The van der Waals surface area contributed by atoms with E-state index in [4.69, 9.17) is 0 Å². The summed E-state index contributed by atoms with van der Waals surface area (Å²) in [5.41, 5.74) is 2.36. The smallest absolute Gasteiger partial charge is 0.191 e. The minimum Gasteiger partial charge on any atom is -0.370 e. The Kier molecular flexibility index (Phi) is 4.84. The van der Waals surface area contributed by atoms with E-state index < -0.39 is 0 Å². The Hall–Kier alpha value is -1.75. The molecule has 0 bridgehead atoms. The molecule has 0 saturated carbocycles. The summed E-state index contributed by atoms with van der Waals surface area (Å²) in [6.07, 6.45) is 1.99. The number of thioether (sulfide) groups is 1. The number of nitrogens with one attached hydrogen (secondary N) is 1. The highest BCUT2D eigenvalue weighted by Crippen LogP contribution is 2.26. The fourth-order valence-electron chi connectivity index (χ4n) is 1.92. The SMILES string of the molecule is CCNc1cc(N(C)c2cccc(C)c2)nc(SC)n1. The number of anilines is 3. The van der Waals surface area contributed by atoms with Gasteiger partial charge >= 0.3 is 0 Å². The topological polar surface area (TPSA) is 41.0 Å². The number of hydrogen-bond acceptors (Lipinski definition) is 5. The molecule has 0 aliphatic rings. The first-order valence-corrected chi connectivity index (χ1v) is 7.84. The van der Waals surface area contributed by atoms with Crippen LogP contribution in [0.1, 0.15) is 12.5 Å². The molecule has 1 heterocycles. The summed E-state index contributed by atoms with van der Waals surface area (Å²) in [6, 6.07) is 10.4. The normalized spacial score (nSPS) is 10.4. The van der Waals surface area contributed by atoms with Crippen LogP contribution in [-0.2, 0) is 0 Å². The van der Waals surface area contributed by atoms with E-state index in [1.54, 1.807) is 11.8 Å². The van der Waals surface area contributed by atoms with Gasteiger partial charge in [-0.2, -0.15) is 0 Å². The van der Waals surface area contributed by atoms with E-state index >= 15 is 0 Å². The minimum atomic E-state index is 0.776. The van der Waals surface area contributed by atoms with Gasteiger partial charge in [0.2, 0.25) is 0 Å². The Morgan fingerprint density at radius 3 is 2.70 bits per heavy atom. The Morgan fingerprint density at radius 1 is 1.25 bits per heavy atom. The predicted molar refractivity (Wildman–Crippen MR) is 87.2 cm³/mol. The van der Waals surface area contributed by atoms with E-state index in [0.29, 0.717) is 0 Å². The number of hydrogen-bond donors (Lipinski definition) is 1. The third-order valence-corrected chi connectivity index (χ3v) is 3.51. The molecule has 0 aliphatic heterocycles. The minimum absolute atomic E-state index is 0.776. The maximum absolute atomic E-state index is 4.58. The molecule has 0 unspecified atom stereocenters. The van der Waals surface area contributed by atoms with Gasteiger partial charge in [-0.15, -0.1) is 0 Å². The molecule has 0 radical (unpaired) electrons. The van der Waals surface area contributed by atoms with Crippen molar-refractivity contribution in [2.45, 2.75) is 19.0 Å². The summed E-state index contributed by atoms with van der Waals surface area (Å²) in [4.78, 5) is 11.1. The zero-order valence-electron chi connectivity index (χ0n) is 12.3. The van der Waals surface area contributed by atoms with Crippen molar-refractivity contribution in [2.24, 2.45) is 0 Å².